The number of anilines is 1. The lowest BCUT2D eigenvalue weighted by atomic mass is 9.90. The van der Waals surface area contributed by atoms with Crippen LogP contribution in [0, 0.1) is 25.6 Å². The van der Waals surface area contributed by atoms with Crippen molar-refractivity contribution in [1.82, 2.24) is 9.97 Å². The summed E-state index contributed by atoms with van der Waals surface area (Å²) in [5.74, 6) is -0.194. The number of rotatable bonds is 9. The third-order valence-corrected chi connectivity index (χ3v) is 7.57. The number of aromatic nitrogens is 2. The molecule has 1 heterocycles. The Balaban J connectivity index is 1.36. The molecule has 2 aromatic carbocycles. The lowest BCUT2D eigenvalue weighted by Gasteiger charge is -2.20. The Morgan fingerprint density at radius 3 is 2.53 bits per heavy atom. The van der Waals surface area contributed by atoms with Gasteiger partial charge in [-0.1, -0.05) is 6.07 Å². The van der Waals surface area contributed by atoms with Crippen molar-refractivity contribution in [3.05, 3.63) is 70.4 Å². The molecule has 1 unspecified atom stereocenters. The Morgan fingerprint density at radius 1 is 1.18 bits per heavy atom. The van der Waals surface area contributed by atoms with E-state index in [1.165, 1.54) is 6.07 Å². The molecule has 38 heavy (non-hydrogen) atoms. The van der Waals surface area contributed by atoms with Crippen LogP contribution in [0.1, 0.15) is 73.0 Å². The summed E-state index contributed by atoms with van der Waals surface area (Å²) in [5.41, 5.74) is 5.77. The van der Waals surface area contributed by atoms with Crippen LogP contribution in [-0.2, 0) is 11.2 Å². The van der Waals surface area contributed by atoms with Gasteiger partial charge in [0, 0.05) is 17.9 Å². The van der Waals surface area contributed by atoms with Gasteiger partial charge in [0.25, 0.3) is 0 Å². The van der Waals surface area contributed by atoms with E-state index in [2.05, 4.69) is 15.3 Å². The van der Waals surface area contributed by atoms with Crippen LogP contribution >= 0.6 is 0 Å². The van der Waals surface area contributed by atoms with E-state index >= 15 is 4.39 Å². The van der Waals surface area contributed by atoms with Gasteiger partial charge in [0.05, 0.1) is 42.3 Å². The standard InChI is InChI=1S/C30H34FN3O4/c1-16-11-18(38-10-9-30(3,4)37)12-17(2)27(16)19-5-7-23(31)28-20(19)6-8-24(28)34-26-15-32-25(14-33-26)21-13-22(21)29(35)36/h5,7,11-12,14-15,21-22,24,37H,6,8-10,13H2,1-4H3,(H,33,34)(H,35,36)/t21?,22-,24-/m1/s1. The van der Waals surface area contributed by atoms with E-state index in [0.29, 0.717) is 36.5 Å². The molecule has 0 amide bonds. The Labute approximate surface area is 222 Å². The maximum Gasteiger partial charge on any atom is 0.307 e. The highest BCUT2D eigenvalue weighted by molar-refractivity contribution is 5.77. The fourth-order valence-electron chi connectivity index (χ4n) is 5.52. The number of carbonyl (C=O) groups is 1. The summed E-state index contributed by atoms with van der Waals surface area (Å²) >= 11 is 0. The minimum absolute atomic E-state index is 0.0777. The molecule has 0 bridgehead atoms. The molecule has 3 atom stereocenters. The van der Waals surface area contributed by atoms with Crippen LogP contribution in [-0.4, -0.2) is 38.4 Å². The molecule has 200 valence electrons. The largest absolute Gasteiger partial charge is 0.493 e. The number of hydrogen-bond acceptors (Lipinski definition) is 6. The number of benzene rings is 2. The van der Waals surface area contributed by atoms with Gasteiger partial charge in [-0.05, 0) is 93.0 Å². The molecule has 0 radical (unpaired) electrons. The second-order valence-electron chi connectivity index (χ2n) is 11.2. The number of aliphatic hydroxyl groups is 1. The molecule has 7 nitrogen and oxygen atoms in total. The second kappa shape index (κ2) is 9.98. The number of fused-ring (bicyclic) bond motifs is 1. The smallest absolute Gasteiger partial charge is 0.307 e. The summed E-state index contributed by atoms with van der Waals surface area (Å²) in [7, 11) is 0. The zero-order valence-electron chi connectivity index (χ0n) is 22.2. The summed E-state index contributed by atoms with van der Waals surface area (Å²) in [6.07, 6.45) is 5.81. The van der Waals surface area contributed by atoms with Crippen molar-refractivity contribution < 1.29 is 24.1 Å². The number of aliphatic carboxylic acids is 1. The summed E-state index contributed by atoms with van der Waals surface area (Å²) in [5, 5.41) is 22.4. The van der Waals surface area contributed by atoms with Gasteiger partial charge in [-0.2, -0.15) is 0 Å². The molecule has 1 aromatic heterocycles. The Morgan fingerprint density at radius 2 is 1.92 bits per heavy atom. The highest BCUT2D eigenvalue weighted by Crippen LogP contribution is 2.47. The van der Waals surface area contributed by atoms with Gasteiger partial charge in [-0.15, -0.1) is 0 Å². The van der Waals surface area contributed by atoms with Crippen LogP contribution in [0.4, 0.5) is 10.2 Å². The Bertz CT molecular complexity index is 1340. The molecule has 0 aliphatic heterocycles. The lowest BCUT2D eigenvalue weighted by Crippen LogP contribution is -2.21. The van der Waals surface area contributed by atoms with Crippen molar-refractivity contribution in [1.29, 1.82) is 0 Å². The molecular formula is C30H34FN3O4. The number of carboxylic acid groups (broad SMARTS) is 1. The number of carboxylic acids is 1. The number of halogens is 1. The molecule has 5 rings (SSSR count). The molecule has 0 saturated heterocycles. The Hall–Kier alpha value is -3.52. The van der Waals surface area contributed by atoms with Gasteiger partial charge in [-0.25, -0.2) is 9.37 Å². The highest BCUT2D eigenvalue weighted by Gasteiger charge is 2.45. The first-order valence-electron chi connectivity index (χ1n) is 13.1. The van der Waals surface area contributed by atoms with Crippen LogP contribution in [0.5, 0.6) is 5.75 Å². The summed E-state index contributed by atoms with van der Waals surface area (Å²) in [4.78, 5) is 20.0. The van der Waals surface area contributed by atoms with E-state index in [1.54, 1.807) is 26.2 Å². The number of nitrogens with one attached hydrogen (secondary N) is 1. The van der Waals surface area contributed by atoms with Crippen LogP contribution < -0.4 is 10.1 Å². The predicted molar refractivity (Wildman–Crippen MR) is 143 cm³/mol. The van der Waals surface area contributed by atoms with Gasteiger partial charge in [0.2, 0.25) is 0 Å². The van der Waals surface area contributed by atoms with Crippen molar-refractivity contribution in [2.45, 2.75) is 70.9 Å². The van der Waals surface area contributed by atoms with Gasteiger partial charge >= 0.3 is 5.97 Å². The highest BCUT2D eigenvalue weighted by atomic mass is 19.1. The number of ether oxygens (including phenoxy) is 1. The first-order valence-corrected chi connectivity index (χ1v) is 13.1. The minimum atomic E-state index is -0.800. The van der Waals surface area contributed by atoms with E-state index < -0.39 is 11.6 Å². The third kappa shape index (κ3) is 5.36. The monoisotopic (exact) mass is 519 g/mol. The van der Waals surface area contributed by atoms with Crippen molar-refractivity contribution in [2.75, 3.05) is 11.9 Å². The predicted octanol–water partition coefficient (Wildman–Crippen LogP) is 5.73. The van der Waals surface area contributed by atoms with E-state index in [0.717, 1.165) is 46.4 Å². The van der Waals surface area contributed by atoms with Crippen LogP contribution in [0.25, 0.3) is 11.1 Å². The molecular weight excluding hydrogens is 485 g/mol. The maximum atomic E-state index is 15.2. The Kier molecular flexibility index (Phi) is 6.86. The van der Waals surface area contributed by atoms with Crippen molar-refractivity contribution in [3.63, 3.8) is 0 Å². The normalized spacial score (nSPS) is 20.2. The summed E-state index contributed by atoms with van der Waals surface area (Å²) in [6, 6.07) is 7.17. The van der Waals surface area contributed by atoms with E-state index in [4.69, 9.17) is 9.84 Å². The number of aryl methyl sites for hydroxylation is 2. The molecule has 8 heteroatoms. The number of hydrogen-bond donors (Lipinski definition) is 3. The fourth-order valence-corrected chi connectivity index (χ4v) is 5.52. The van der Waals surface area contributed by atoms with Crippen molar-refractivity contribution in [3.8, 4) is 16.9 Å². The first-order chi connectivity index (χ1) is 18.0. The second-order valence-corrected chi connectivity index (χ2v) is 11.2. The molecule has 0 spiro atoms. The SMILES string of the molecule is Cc1cc(OCCC(C)(C)O)cc(C)c1-c1ccc(F)c2c1CC[C@H]2Nc1cnc(C2C[C@H]2C(=O)O)cn1. The molecule has 3 N–H and O–H groups in total. The van der Waals surface area contributed by atoms with Gasteiger partial charge in [0.1, 0.15) is 17.4 Å². The summed E-state index contributed by atoms with van der Waals surface area (Å²) in [6.45, 7) is 8.03. The van der Waals surface area contributed by atoms with Crippen LogP contribution in [0.3, 0.4) is 0 Å². The van der Waals surface area contributed by atoms with Gasteiger partial charge in [0.15, 0.2) is 0 Å². The minimum Gasteiger partial charge on any atom is -0.493 e. The van der Waals surface area contributed by atoms with Crippen LogP contribution in [0.15, 0.2) is 36.7 Å². The topological polar surface area (TPSA) is 105 Å². The van der Waals surface area contributed by atoms with E-state index in [1.807, 2.05) is 32.0 Å². The van der Waals surface area contributed by atoms with Gasteiger partial charge in [-0.3, -0.25) is 9.78 Å². The zero-order valence-corrected chi connectivity index (χ0v) is 22.2. The van der Waals surface area contributed by atoms with Crippen LogP contribution in [0.2, 0.25) is 0 Å². The molecule has 1 fully saturated rings. The average Bonchev–Trinajstić information content (AvgIpc) is 3.54. The molecule has 2 aliphatic carbocycles. The maximum absolute atomic E-state index is 15.2. The fraction of sp³-hybridized carbons (Fsp3) is 0.433. The first kappa shape index (κ1) is 26.1. The van der Waals surface area contributed by atoms with Crippen molar-refractivity contribution >= 4 is 11.8 Å². The van der Waals surface area contributed by atoms with Gasteiger partial charge < -0.3 is 20.3 Å². The average molecular weight is 520 g/mol. The summed E-state index contributed by atoms with van der Waals surface area (Å²) < 4.78 is 21.1. The number of nitrogens with zero attached hydrogens (tertiary/aromatic N) is 2. The van der Waals surface area contributed by atoms with E-state index in [9.17, 15) is 9.90 Å². The van der Waals surface area contributed by atoms with E-state index in [-0.39, 0.29) is 23.7 Å². The third-order valence-electron chi connectivity index (χ3n) is 7.57. The molecule has 2 aliphatic rings. The van der Waals surface area contributed by atoms with Crippen molar-refractivity contribution in [2.24, 2.45) is 5.92 Å². The zero-order chi connectivity index (χ0) is 27.2. The lowest BCUT2D eigenvalue weighted by molar-refractivity contribution is -0.138. The quantitative estimate of drug-likeness (QED) is 0.332. The molecule has 3 aromatic rings. The molecule has 1 saturated carbocycles.